The average Bonchev–Trinajstić information content (AvgIpc) is 3.04. The van der Waals surface area contributed by atoms with Crippen molar-refractivity contribution in [3.05, 3.63) is 52.7 Å². The van der Waals surface area contributed by atoms with Gasteiger partial charge in [0.25, 0.3) is 11.8 Å². The zero-order chi connectivity index (χ0) is 22.2. The number of nitrogens with zero attached hydrogens (tertiary/aromatic N) is 6. The van der Waals surface area contributed by atoms with Crippen molar-refractivity contribution in [2.24, 2.45) is 7.05 Å². The van der Waals surface area contributed by atoms with E-state index in [2.05, 4.69) is 10.1 Å². The van der Waals surface area contributed by atoms with Gasteiger partial charge in [-0.2, -0.15) is 5.10 Å². The van der Waals surface area contributed by atoms with Crippen molar-refractivity contribution in [2.45, 2.75) is 18.8 Å². The molecule has 11 heteroatoms. The molecule has 4 rings (SSSR count). The molecule has 0 atom stereocenters. The number of aryl methyl sites for hydroxylation is 1. The Morgan fingerprint density at radius 2 is 2.00 bits per heavy atom. The van der Waals surface area contributed by atoms with Crippen LogP contribution in [0.2, 0.25) is 0 Å². The maximum atomic E-state index is 13.3. The molecule has 1 saturated heterocycles. The van der Waals surface area contributed by atoms with Crippen LogP contribution in [-0.4, -0.2) is 67.2 Å². The normalized spacial score (nSPS) is 15.9. The molecule has 9 nitrogen and oxygen atoms in total. The second-order valence-electron chi connectivity index (χ2n) is 7.45. The van der Waals surface area contributed by atoms with Gasteiger partial charge in [0.15, 0.2) is 5.65 Å². The Bertz CT molecular complexity index is 1150. The van der Waals surface area contributed by atoms with Crippen LogP contribution >= 0.6 is 0 Å². The number of carbonyl (C=O) groups is 1. The molecule has 0 radical (unpaired) electrons. The highest BCUT2D eigenvalue weighted by Gasteiger charge is 2.35. The first-order valence-electron chi connectivity index (χ1n) is 9.86. The van der Waals surface area contributed by atoms with Crippen molar-refractivity contribution in [2.75, 3.05) is 31.1 Å². The molecule has 1 N–H and O–H groups in total. The number of rotatable bonds is 5. The van der Waals surface area contributed by atoms with E-state index in [1.54, 1.807) is 42.4 Å². The molecule has 0 aromatic carbocycles. The Balaban J connectivity index is 1.57. The number of piperidine rings is 1. The summed E-state index contributed by atoms with van der Waals surface area (Å²) in [6, 6.07) is 6.63. The number of aliphatic hydroxyl groups excluding tert-OH is 1. The van der Waals surface area contributed by atoms with E-state index < -0.39 is 5.92 Å². The van der Waals surface area contributed by atoms with E-state index in [9.17, 15) is 23.5 Å². The predicted molar refractivity (Wildman–Crippen MR) is 109 cm³/mol. The molecule has 0 bridgehead atoms. The second kappa shape index (κ2) is 8.06. The summed E-state index contributed by atoms with van der Waals surface area (Å²) in [6.45, 7) is 0.0979. The molecule has 3 aromatic heterocycles. The highest BCUT2D eigenvalue weighted by molar-refractivity contribution is 5.94. The Kier molecular flexibility index (Phi) is 5.44. The quantitative estimate of drug-likeness (QED) is 0.655. The van der Waals surface area contributed by atoms with Gasteiger partial charge >= 0.3 is 5.69 Å². The minimum atomic E-state index is -2.72. The summed E-state index contributed by atoms with van der Waals surface area (Å²) in [5.74, 6) is -2.57. The lowest BCUT2D eigenvalue weighted by molar-refractivity contribution is -0.0494. The lowest BCUT2D eigenvalue weighted by atomic mass is 10.1. The van der Waals surface area contributed by atoms with E-state index in [1.807, 2.05) is 0 Å². The van der Waals surface area contributed by atoms with Gasteiger partial charge in [-0.3, -0.25) is 9.20 Å². The fraction of sp³-hybridized carbons (Fsp3) is 0.400. The fourth-order valence-corrected chi connectivity index (χ4v) is 3.60. The number of amides is 1. The van der Waals surface area contributed by atoms with Crippen LogP contribution in [0, 0.1) is 0 Å². The first kappa shape index (κ1) is 20.9. The molecule has 0 aliphatic carbocycles. The molecule has 1 amide bonds. The van der Waals surface area contributed by atoms with Crippen LogP contribution in [-0.2, 0) is 7.05 Å². The smallest absolute Gasteiger partial charge is 0.350 e. The Morgan fingerprint density at radius 3 is 2.65 bits per heavy atom. The van der Waals surface area contributed by atoms with E-state index in [4.69, 9.17) is 0 Å². The predicted octanol–water partition coefficient (Wildman–Crippen LogP) is 1.43. The van der Waals surface area contributed by atoms with Crippen LogP contribution in [0.25, 0.3) is 5.65 Å². The molecule has 31 heavy (non-hydrogen) atoms. The summed E-state index contributed by atoms with van der Waals surface area (Å²) in [7, 11) is 1.56. The van der Waals surface area contributed by atoms with Gasteiger partial charge in [0.2, 0.25) is 0 Å². The molecule has 0 saturated carbocycles. The number of halogens is 2. The zero-order valence-corrected chi connectivity index (χ0v) is 16.9. The van der Waals surface area contributed by atoms with E-state index in [1.165, 1.54) is 20.2 Å². The Hall–Kier alpha value is -3.34. The van der Waals surface area contributed by atoms with Crippen LogP contribution < -0.4 is 10.6 Å². The third kappa shape index (κ3) is 4.13. The number of alkyl halides is 2. The van der Waals surface area contributed by atoms with Crippen molar-refractivity contribution >= 4 is 23.1 Å². The molecule has 0 unspecified atom stereocenters. The zero-order valence-electron chi connectivity index (χ0n) is 16.9. The van der Waals surface area contributed by atoms with E-state index in [0.29, 0.717) is 22.7 Å². The molecule has 1 aliphatic heterocycles. The van der Waals surface area contributed by atoms with Gasteiger partial charge in [-0.15, -0.1) is 0 Å². The second-order valence-corrected chi connectivity index (χ2v) is 7.45. The van der Waals surface area contributed by atoms with Gasteiger partial charge in [-0.05, 0) is 18.2 Å². The minimum absolute atomic E-state index is 0.00762. The summed E-state index contributed by atoms with van der Waals surface area (Å²) < 4.78 is 29.3. The standard InChI is InChI=1S/C20H22F2N6O3/c1-25-19(31)28-7-4-15(12-17(28)24-25)27(10-11-29)16-3-2-14(13-23-16)18(30)26-8-5-20(21,22)6-9-26/h2-4,7,12-13,29H,5-6,8-11H2,1H3. The number of aromatic nitrogens is 4. The Morgan fingerprint density at radius 1 is 1.26 bits per heavy atom. The summed E-state index contributed by atoms with van der Waals surface area (Å²) in [4.78, 5) is 32.1. The topological polar surface area (TPSA) is 96.0 Å². The summed E-state index contributed by atoms with van der Waals surface area (Å²) in [5, 5.41) is 13.7. The highest BCUT2D eigenvalue weighted by atomic mass is 19.3. The average molecular weight is 432 g/mol. The van der Waals surface area contributed by atoms with Crippen LogP contribution in [0.4, 0.5) is 20.3 Å². The molecule has 1 fully saturated rings. The number of aliphatic hydroxyl groups is 1. The number of hydrogen-bond acceptors (Lipinski definition) is 6. The molecule has 164 valence electrons. The van der Waals surface area contributed by atoms with Crippen LogP contribution in [0.15, 0.2) is 41.5 Å². The first-order valence-corrected chi connectivity index (χ1v) is 9.86. The van der Waals surface area contributed by atoms with E-state index >= 15 is 0 Å². The number of hydrogen-bond donors (Lipinski definition) is 1. The lowest BCUT2D eigenvalue weighted by Crippen LogP contribution is -2.42. The number of fused-ring (bicyclic) bond motifs is 1. The molecule has 4 heterocycles. The van der Waals surface area contributed by atoms with Gasteiger partial charge < -0.3 is 14.9 Å². The highest BCUT2D eigenvalue weighted by Crippen LogP contribution is 2.29. The van der Waals surface area contributed by atoms with Crippen molar-refractivity contribution in [1.82, 2.24) is 24.1 Å². The van der Waals surface area contributed by atoms with Crippen molar-refractivity contribution in [3.8, 4) is 0 Å². The third-order valence-corrected chi connectivity index (χ3v) is 5.34. The SMILES string of the molecule is Cn1nc2cc(N(CCO)c3ccc(C(=O)N4CCC(F)(F)CC4)cn3)ccn2c1=O. The van der Waals surface area contributed by atoms with Gasteiger partial charge in [0, 0.05) is 63.7 Å². The molecule has 3 aromatic rings. The number of carbonyl (C=O) groups excluding carboxylic acids is 1. The first-order chi connectivity index (χ1) is 14.8. The molecule has 0 spiro atoms. The summed E-state index contributed by atoms with van der Waals surface area (Å²) in [5.41, 5.74) is 1.15. The van der Waals surface area contributed by atoms with Gasteiger partial charge in [0.05, 0.1) is 12.2 Å². The minimum Gasteiger partial charge on any atom is -0.395 e. The van der Waals surface area contributed by atoms with Gasteiger partial charge in [-0.1, -0.05) is 0 Å². The van der Waals surface area contributed by atoms with Gasteiger partial charge in [0.1, 0.15) is 5.82 Å². The van der Waals surface area contributed by atoms with Crippen molar-refractivity contribution < 1.29 is 18.7 Å². The van der Waals surface area contributed by atoms with E-state index in [-0.39, 0.29) is 50.7 Å². The van der Waals surface area contributed by atoms with Crippen LogP contribution in [0.3, 0.4) is 0 Å². The molecular weight excluding hydrogens is 410 g/mol. The van der Waals surface area contributed by atoms with Gasteiger partial charge in [-0.25, -0.2) is 23.2 Å². The van der Waals surface area contributed by atoms with E-state index in [0.717, 1.165) is 0 Å². The molecular formula is C20H22F2N6O3. The fourth-order valence-electron chi connectivity index (χ4n) is 3.60. The molecule has 1 aliphatic rings. The number of likely N-dealkylation sites (tertiary alicyclic amines) is 1. The third-order valence-electron chi connectivity index (χ3n) is 5.34. The Labute approximate surface area is 176 Å². The monoisotopic (exact) mass is 432 g/mol. The summed E-state index contributed by atoms with van der Waals surface area (Å²) >= 11 is 0. The lowest BCUT2D eigenvalue weighted by Gasteiger charge is -2.31. The maximum absolute atomic E-state index is 13.3. The van der Waals surface area contributed by atoms with Crippen molar-refractivity contribution in [1.29, 1.82) is 0 Å². The van der Waals surface area contributed by atoms with Crippen LogP contribution in [0.1, 0.15) is 23.2 Å². The van der Waals surface area contributed by atoms with Crippen LogP contribution in [0.5, 0.6) is 0 Å². The van der Waals surface area contributed by atoms with Crippen molar-refractivity contribution in [3.63, 3.8) is 0 Å². The largest absolute Gasteiger partial charge is 0.395 e. The number of anilines is 2. The summed E-state index contributed by atoms with van der Waals surface area (Å²) in [6.07, 6.45) is 2.31. The number of pyridine rings is 2. The maximum Gasteiger partial charge on any atom is 0.350 e.